The topological polar surface area (TPSA) is 46.5 Å². The number of unbranched alkanes of at least 4 members (excludes halogenated alkanes) is 4. The second-order valence-corrected chi connectivity index (χ2v) is 6.10. The highest BCUT2D eigenvalue weighted by atomic mass is 17.1. The summed E-state index contributed by atoms with van der Waals surface area (Å²) in [6.45, 7) is 4.44. The van der Waals surface area contributed by atoms with Crippen molar-refractivity contribution in [1.29, 1.82) is 0 Å². The first-order valence-corrected chi connectivity index (χ1v) is 8.66. The molecule has 22 heavy (non-hydrogen) atoms. The first-order valence-electron chi connectivity index (χ1n) is 8.66. The van der Waals surface area contributed by atoms with E-state index < -0.39 is 5.97 Å². The largest absolute Gasteiger partial charge is 0.373 e. The molecule has 3 heteroatoms. The number of rotatable bonds is 11. The van der Waals surface area contributed by atoms with E-state index in [-0.39, 0.29) is 0 Å². The highest BCUT2D eigenvalue weighted by Gasteiger charge is 2.16. The fraction of sp³-hybridized carbons (Fsp3) is 0.632. The van der Waals surface area contributed by atoms with E-state index >= 15 is 0 Å². The molecule has 0 heterocycles. The standard InChI is InChI=1S/C19H30O3/c1-3-5-7-8-12-16(11-6-4-2)15-17-13-9-10-14-18(17)19(20)22-21/h9-10,13-14,16,21H,3-8,11-12,15H2,1-2H3. The van der Waals surface area contributed by atoms with Crippen molar-refractivity contribution in [3.63, 3.8) is 0 Å². The van der Waals surface area contributed by atoms with Gasteiger partial charge in [0.25, 0.3) is 0 Å². The van der Waals surface area contributed by atoms with E-state index in [9.17, 15) is 4.79 Å². The van der Waals surface area contributed by atoms with Crippen LogP contribution in [0.15, 0.2) is 24.3 Å². The molecule has 1 aromatic rings. The van der Waals surface area contributed by atoms with Gasteiger partial charge in [0.1, 0.15) is 0 Å². The van der Waals surface area contributed by atoms with Crippen molar-refractivity contribution in [3.8, 4) is 0 Å². The van der Waals surface area contributed by atoms with Gasteiger partial charge in [-0.3, -0.25) is 4.89 Å². The molecule has 0 bridgehead atoms. The Morgan fingerprint density at radius 3 is 2.41 bits per heavy atom. The van der Waals surface area contributed by atoms with Crippen molar-refractivity contribution in [2.45, 2.75) is 71.6 Å². The number of benzene rings is 1. The fourth-order valence-electron chi connectivity index (χ4n) is 2.96. The van der Waals surface area contributed by atoms with Crippen LogP contribution in [0.3, 0.4) is 0 Å². The predicted molar refractivity (Wildman–Crippen MR) is 90.0 cm³/mol. The Kier molecular flexibility index (Phi) is 9.56. The van der Waals surface area contributed by atoms with Crippen molar-refractivity contribution in [2.75, 3.05) is 0 Å². The van der Waals surface area contributed by atoms with Crippen LogP contribution in [-0.4, -0.2) is 11.2 Å². The average Bonchev–Trinajstić information content (AvgIpc) is 2.56. The zero-order chi connectivity index (χ0) is 16.2. The summed E-state index contributed by atoms with van der Waals surface area (Å²) in [4.78, 5) is 15.6. The van der Waals surface area contributed by atoms with Gasteiger partial charge in [-0.15, -0.1) is 0 Å². The van der Waals surface area contributed by atoms with Crippen LogP contribution in [0, 0.1) is 5.92 Å². The SMILES string of the molecule is CCCCCCC(CCCC)Cc1ccccc1C(=O)OO. The molecule has 0 aliphatic rings. The van der Waals surface area contributed by atoms with E-state index in [4.69, 9.17) is 5.26 Å². The van der Waals surface area contributed by atoms with Crippen LogP contribution in [0.25, 0.3) is 0 Å². The Morgan fingerprint density at radius 2 is 1.73 bits per heavy atom. The molecule has 0 radical (unpaired) electrons. The van der Waals surface area contributed by atoms with E-state index in [1.807, 2.05) is 12.1 Å². The summed E-state index contributed by atoms with van der Waals surface area (Å²) in [5.41, 5.74) is 1.47. The average molecular weight is 306 g/mol. The van der Waals surface area contributed by atoms with Crippen LogP contribution in [0.4, 0.5) is 0 Å². The van der Waals surface area contributed by atoms with Crippen LogP contribution in [0.1, 0.15) is 81.1 Å². The fourth-order valence-corrected chi connectivity index (χ4v) is 2.96. The first kappa shape index (κ1) is 18.7. The third kappa shape index (κ3) is 6.61. The molecule has 1 atom stereocenters. The normalized spacial score (nSPS) is 12.1. The van der Waals surface area contributed by atoms with Crippen LogP contribution in [-0.2, 0) is 11.3 Å². The Bertz CT molecular complexity index is 428. The summed E-state index contributed by atoms with van der Waals surface area (Å²) in [7, 11) is 0. The molecule has 0 aliphatic carbocycles. The summed E-state index contributed by atoms with van der Waals surface area (Å²) in [6.07, 6.45) is 10.8. The van der Waals surface area contributed by atoms with Gasteiger partial charge in [-0.1, -0.05) is 83.4 Å². The molecule has 1 rings (SSSR count). The lowest BCUT2D eigenvalue weighted by atomic mass is 9.88. The van der Waals surface area contributed by atoms with Gasteiger partial charge in [-0.05, 0) is 24.0 Å². The van der Waals surface area contributed by atoms with Gasteiger partial charge in [0.2, 0.25) is 0 Å². The van der Waals surface area contributed by atoms with Crippen LogP contribution in [0.5, 0.6) is 0 Å². The van der Waals surface area contributed by atoms with Crippen LogP contribution in [0.2, 0.25) is 0 Å². The zero-order valence-electron chi connectivity index (χ0n) is 14.0. The number of hydrogen-bond acceptors (Lipinski definition) is 3. The van der Waals surface area contributed by atoms with E-state index in [1.165, 1.54) is 51.4 Å². The smallest absolute Gasteiger partial charge is 0.295 e. The first-order chi connectivity index (χ1) is 10.7. The Morgan fingerprint density at radius 1 is 1.05 bits per heavy atom. The second-order valence-electron chi connectivity index (χ2n) is 6.10. The molecule has 0 aliphatic heterocycles. The van der Waals surface area contributed by atoms with Crippen molar-refractivity contribution < 1.29 is 14.9 Å². The van der Waals surface area contributed by atoms with Gasteiger partial charge in [0.15, 0.2) is 0 Å². The maximum Gasteiger partial charge on any atom is 0.373 e. The van der Waals surface area contributed by atoms with Gasteiger partial charge in [0.05, 0.1) is 5.56 Å². The molecule has 0 fully saturated rings. The van der Waals surface area contributed by atoms with Crippen molar-refractivity contribution in [1.82, 2.24) is 0 Å². The van der Waals surface area contributed by atoms with E-state index in [0.717, 1.165) is 12.0 Å². The van der Waals surface area contributed by atoms with Crippen molar-refractivity contribution >= 4 is 5.97 Å². The molecule has 0 amide bonds. The van der Waals surface area contributed by atoms with Gasteiger partial charge in [-0.2, -0.15) is 5.26 Å². The molecule has 3 nitrogen and oxygen atoms in total. The lowest BCUT2D eigenvalue weighted by Crippen LogP contribution is -2.11. The lowest BCUT2D eigenvalue weighted by Gasteiger charge is -2.18. The molecule has 0 aromatic heterocycles. The minimum atomic E-state index is -0.657. The van der Waals surface area contributed by atoms with Gasteiger partial charge in [0, 0.05) is 0 Å². The highest BCUT2D eigenvalue weighted by Crippen LogP contribution is 2.24. The highest BCUT2D eigenvalue weighted by molar-refractivity contribution is 5.90. The zero-order valence-corrected chi connectivity index (χ0v) is 14.0. The summed E-state index contributed by atoms with van der Waals surface area (Å²) in [5.74, 6) is -0.0553. The van der Waals surface area contributed by atoms with Crippen molar-refractivity contribution in [2.24, 2.45) is 5.92 Å². The quantitative estimate of drug-likeness (QED) is 0.327. The molecule has 1 aromatic carbocycles. The maximum absolute atomic E-state index is 11.7. The predicted octanol–water partition coefficient (Wildman–Crippen LogP) is 5.64. The summed E-state index contributed by atoms with van der Waals surface area (Å²) >= 11 is 0. The van der Waals surface area contributed by atoms with Gasteiger partial charge < -0.3 is 0 Å². The Labute approximate surface area is 134 Å². The van der Waals surface area contributed by atoms with E-state index in [2.05, 4.69) is 18.7 Å². The van der Waals surface area contributed by atoms with E-state index in [0.29, 0.717) is 11.5 Å². The third-order valence-electron chi connectivity index (χ3n) is 4.26. The number of carbonyl (C=O) groups excluding carboxylic acids is 1. The second kappa shape index (κ2) is 11.2. The minimum absolute atomic E-state index is 0.486. The summed E-state index contributed by atoms with van der Waals surface area (Å²) < 4.78 is 0. The minimum Gasteiger partial charge on any atom is -0.295 e. The van der Waals surface area contributed by atoms with E-state index in [1.54, 1.807) is 12.1 Å². The molecule has 1 unspecified atom stereocenters. The Hall–Kier alpha value is -1.35. The van der Waals surface area contributed by atoms with Crippen LogP contribution < -0.4 is 0 Å². The maximum atomic E-state index is 11.7. The molecule has 0 saturated heterocycles. The molecular formula is C19H30O3. The van der Waals surface area contributed by atoms with Crippen LogP contribution >= 0.6 is 0 Å². The number of carbonyl (C=O) groups is 1. The molecule has 124 valence electrons. The lowest BCUT2D eigenvalue weighted by molar-refractivity contribution is -0.182. The summed E-state index contributed by atoms with van der Waals surface area (Å²) in [6, 6.07) is 7.44. The third-order valence-corrected chi connectivity index (χ3v) is 4.26. The molecule has 1 N–H and O–H groups in total. The van der Waals surface area contributed by atoms with Crippen molar-refractivity contribution in [3.05, 3.63) is 35.4 Å². The van der Waals surface area contributed by atoms with Gasteiger partial charge >= 0.3 is 5.97 Å². The monoisotopic (exact) mass is 306 g/mol. The molecule has 0 spiro atoms. The molecule has 0 saturated carbocycles. The number of hydrogen-bond donors (Lipinski definition) is 1. The summed E-state index contributed by atoms with van der Waals surface area (Å²) in [5, 5.41) is 8.64. The molecular weight excluding hydrogens is 276 g/mol. The Balaban J connectivity index is 2.69. The van der Waals surface area contributed by atoms with Gasteiger partial charge in [-0.25, -0.2) is 4.79 Å².